The molecular weight excluding hydrogens is 196 g/mol. The molecule has 0 aliphatic carbocycles. The van der Waals surface area contributed by atoms with Gasteiger partial charge in [-0.15, -0.1) is 0 Å². The minimum atomic E-state index is -0.384. The van der Waals surface area contributed by atoms with Crippen LogP contribution in [0.3, 0.4) is 0 Å². The van der Waals surface area contributed by atoms with Gasteiger partial charge in [-0.1, -0.05) is 60.7 Å². The summed E-state index contributed by atoms with van der Waals surface area (Å²) in [6.07, 6.45) is -0.384. The van der Waals surface area contributed by atoms with E-state index in [0.29, 0.717) is 0 Å². The zero-order valence-electron chi connectivity index (χ0n) is 9.38. The topological polar surface area (TPSA) is 20.2 Å². The van der Waals surface area contributed by atoms with Crippen molar-refractivity contribution in [1.29, 1.82) is 0 Å². The Bertz CT molecular complexity index is 380. The molecule has 2 rings (SSSR count). The van der Waals surface area contributed by atoms with Crippen LogP contribution in [0.4, 0.5) is 0 Å². The van der Waals surface area contributed by atoms with Crippen molar-refractivity contribution in [2.24, 2.45) is 0 Å². The van der Waals surface area contributed by atoms with Gasteiger partial charge in [-0.05, 0) is 18.1 Å². The van der Waals surface area contributed by atoms with Crippen LogP contribution in [0.5, 0.6) is 0 Å². The summed E-state index contributed by atoms with van der Waals surface area (Å²) in [6.45, 7) is 1.84. The van der Waals surface area contributed by atoms with Crippen LogP contribution < -0.4 is 0 Å². The summed E-state index contributed by atoms with van der Waals surface area (Å²) in [5.41, 5.74) is 2.31. The predicted molar refractivity (Wildman–Crippen MR) is 66.4 cm³/mol. The Kier molecular flexibility index (Phi) is 3.37. The quantitative estimate of drug-likeness (QED) is 0.828. The van der Waals surface area contributed by atoms with E-state index >= 15 is 0 Å². The third-order valence-corrected chi connectivity index (χ3v) is 2.80. The second-order valence-electron chi connectivity index (χ2n) is 4.04. The van der Waals surface area contributed by atoms with E-state index in [2.05, 4.69) is 24.3 Å². The molecule has 2 aromatic rings. The van der Waals surface area contributed by atoms with E-state index in [1.165, 1.54) is 0 Å². The Hall–Kier alpha value is -1.60. The molecule has 0 amide bonds. The first-order valence-corrected chi connectivity index (χ1v) is 5.57. The lowest BCUT2D eigenvalue weighted by molar-refractivity contribution is 0.176. The average Bonchev–Trinajstić information content (AvgIpc) is 2.31. The molecule has 0 bridgehead atoms. The maximum absolute atomic E-state index is 9.92. The highest BCUT2D eigenvalue weighted by Crippen LogP contribution is 2.27. The van der Waals surface area contributed by atoms with E-state index in [1.807, 2.05) is 43.3 Å². The maximum atomic E-state index is 9.92. The van der Waals surface area contributed by atoms with Gasteiger partial charge in [0.05, 0.1) is 6.10 Å². The zero-order chi connectivity index (χ0) is 11.4. The molecule has 0 saturated heterocycles. The summed E-state index contributed by atoms with van der Waals surface area (Å²) in [6, 6.07) is 20.3. The Morgan fingerprint density at radius 3 is 1.44 bits per heavy atom. The summed E-state index contributed by atoms with van der Waals surface area (Å²) >= 11 is 0. The van der Waals surface area contributed by atoms with Crippen LogP contribution >= 0.6 is 0 Å². The number of rotatable bonds is 3. The second kappa shape index (κ2) is 4.95. The van der Waals surface area contributed by atoms with Gasteiger partial charge in [-0.2, -0.15) is 0 Å². The van der Waals surface area contributed by atoms with Crippen molar-refractivity contribution in [3.63, 3.8) is 0 Å². The lowest BCUT2D eigenvalue weighted by Gasteiger charge is -2.20. The average molecular weight is 212 g/mol. The first kappa shape index (κ1) is 10.9. The number of benzene rings is 2. The molecule has 1 N–H and O–H groups in total. The first-order chi connectivity index (χ1) is 7.79. The van der Waals surface area contributed by atoms with Gasteiger partial charge in [0.2, 0.25) is 0 Å². The molecule has 0 unspecified atom stereocenters. The molecule has 1 nitrogen and oxygen atoms in total. The van der Waals surface area contributed by atoms with E-state index in [0.717, 1.165) is 11.1 Å². The smallest absolute Gasteiger partial charge is 0.0621 e. The van der Waals surface area contributed by atoms with Crippen molar-refractivity contribution in [2.75, 3.05) is 0 Å². The van der Waals surface area contributed by atoms with Gasteiger partial charge in [0, 0.05) is 5.92 Å². The monoisotopic (exact) mass is 212 g/mol. The summed E-state index contributed by atoms with van der Waals surface area (Å²) in [7, 11) is 0. The van der Waals surface area contributed by atoms with Gasteiger partial charge >= 0.3 is 0 Å². The van der Waals surface area contributed by atoms with Crippen LogP contribution in [-0.2, 0) is 0 Å². The maximum Gasteiger partial charge on any atom is 0.0621 e. The molecule has 16 heavy (non-hydrogen) atoms. The van der Waals surface area contributed by atoms with E-state index < -0.39 is 0 Å². The van der Waals surface area contributed by atoms with E-state index in [1.54, 1.807) is 0 Å². The van der Waals surface area contributed by atoms with Crippen molar-refractivity contribution in [1.82, 2.24) is 0 Å². The van der Waals surface area contributed by atoms with Gasteiger partial charge in [0.15, 0.2) is 0 Å². The third-order valence-electron chi connectivity index (χ3n) is 2.80. The minimum absolute atomic E-state index is 0.0578. The first-order valence-electron chi connectivity index (χ1n) is 5.57. The SMILES string of the molecule is C[C@H](O)C(c1ccccc1)c1ccccc1. The summed E-state index contributed by atoms with van der Waals surface area (Å²) in [4.78, 5) is 0. The van der Waals surface area contributed by atoms with E-state index in [9.17, 15) is 5.11 Å². The molecular formula is C15H16O. The Morgan fingerprint density at radius 1 is 0.750 bits per heavy atom. The lowest BCUT2D eigenvalue weighted by Crippen LogP contribution is -2.15. The highest BCUT2D eigenvalue weighted by molar-refractivity contribution is 5.33. The van der Waals surface area contributed by atoms with Crippen molar-refractivity contribution in [3.05, 3.63) is 71.8 Å². The molecule has 0 heterocycles. The van der Waals surface area contributed by atoms with Crippen LogP contribution in [0, 0.1) is 0 Å². The van der Waals surface area contributed by atoms with Crippen molar-refractivity contribution < 1.29 is 5.11 Å². The van der Waals surface area contributed by atoms with Crippen LogP contribution in [0.2, 0.25) is 0 Å². The predicted octanol–water partition coefficient (Wildman–Crippen LogP) is 3.20. The Labute approximate surface area is 96.4 Å². The number of aliphatic hydroxyl groups is 1. The highest BCUT2D eigenvalue weighted by Gasteiger charge is 2.18. The molecule has 1 atom stereocenters. The molecule has 0 aromatic heterocycles. The van der Waals surface area contributed by atoms with Gasteiger partial charge < -0.3 is 5.11 Å². The third kappa shape index (κ3) is 2.31. The fourth-order valence-electron chi connectivity index (χ4n) is 2.07. The van der Waals surface area contributed by atoms with Crippen LogP contribution in [0.1, 0.15) is 24.0 Å². The Balaban J connectivity index is 2.40. The molecule has 1 heteroatoms. The second-order valence-corrected chi connectivity index (χ2v) is 4.04. The Morgan fingerprint density at radius 2 is 1.12 bits per heavy atom. The summed E-state index contributed by atoms with van der Waals surface area (Å²) in [5, 5.41) is 9.92. The van der Waals surface area contributed by atoms with Gasteiger partial charge in [-0.25, -0.2) is 0 Å². The van der Waals surface area contributed by atoms with E-state index in [-0.39, 0.29) is 12.0 Å². The molecule has 0 radical (unpaired) electrons. The van der Waals surface area contributed by atoms with Crippen LogP contribution in [0.15, 0.2) is 60.7 Å². The fraction of sp³-hybridized carbons (Fsp3) is 0.200. The number of hydrogen-bond donors (Lipinski definition) is 1. The molecule has 2 aromatic carbocycles. The summed E-state index contributed by atoms with van der Waals surface area (Å²) in [5.74, 6) is 0.0578. The van der Waals surface area contributed by atoms with Crippen LogP contribution in [0.25, 0.3) is 0 Å². The number of aliphatic hydroxyl groups excluding tert-OH is 1. The fourth-order valence-corrected chi connectivity index (χ4v) is 2.07. The molecule has 0 aliphatic rings. The summed E-state index contributed by atoms with van der Waals surface area (Å²) < 4.78 is 0. The largest absolute Gasteiger partial charge is 0.392 e. The molecule has 82 valence electrons. The molecule has 0 fully saturated rings. The molecule has 0 aliphatic heterocycles. The standard InChI is InChI=1S/C15H16O/c1-12(16)15(13-8-4-2-5-9-13)14-10-6-3-7-11-14/h2-12,15-16H,1H3/t12-/m0/s1. The molecule has 0 spiro atoms. The van der Waals surface area contributed by atoms with E-state index in [4.69, 9.17) is 0 Å². The normalized spacial score (nSPS) is 12.7. The van der Waals surface area contributed by atoms with Gasteiger partial charge in [0.1, 0.15) is 0 Å². The number of hydrogen-bond acceptors (Lipinski definition) is 1. The minimum Gasteiger partial charge on any atom is -0.392 e. The lowest BCUT2D eigenvalue weighted by atomic mass is 9.87. The van der Waals surface area contributed by atoms with Crippen molar-refractivity contribution >= 4 is 0 Å². The van der Waals surface area contributed by atoms with Crippen molar-refractivity contribution in [2.45, 2.75) is 18.9 Å². The van der Waals surface area contributed by atoms with Gasteiger partial charge in [0.25, 0.3) is 0 Å². The van der Waals surface area contributed by atoms with Crippen molar-refractivity contribution in [3.8, 4) is 0 Å². The highest BCUT2D eigenvalue weighted by atomic mass is 16.3. The van der Waals surface area contributed by atoms with Gasteiger partial charge in [-0.3, -0.25) is 0 Å². The zero-order valence-corrected chi connectivity index (χ0v) is 9.38. The van der Waals surface area contributed by atoms with Crippen LogP contribution in [-0.4, -0.2) is 11.2 Å². The molecule has 0 saturated carbocycles.